The Balaban J connectivity index is 2.01. The minimum Gasteiger partial charge on any atom is -0.424 e. The molecule has 1 aromatic carbocycles. The molecule has 0 unspecified atom stereocenters. The fourth-order valence-electron chi connectivity index (χ4n) is 1.45. The summed E-state index contributed by atoms with van der Waals surface area (Å²) in [5.74, 6) is -1.74. The van der Waals surface area contributed by atoms with Crippen LogP contribution in [0, 0.1) is 11.6 Å². The van der Waals surface area contributed by atoms with Crippen molar-refractivity contribution in [3.8, 4) is 11.8 Å². The van der Waals surface area contributed by atoms with Gasteiger partial charge < -0.3 is 10.1 Å². The molecular formula is C14H15F2N3O. The molecule has 0 radical (unpaired) electrons. The van der Waals surface area contributed by atoms with Gasteiger partial charge in [0.2, 0.25) is 0 Å². The average Bonchev–Trinajstić information content (AvgIpc) is 2.42. The van der Waals surface area contributed by atoms with Gasteiger partial charge in [-0.25, -0.2) is 18.7 Å². The number of hydrogen-bond acceptors (Lipinski definition) is 4. The molecule has 20 heavy (non-hydrogen) atoms. The Bertz CT molecular complexity index is 573. The zero-order chi connectivity index (χ0) is 14.5. The van der Waals surface area contributed by atoms with Crippen LogP contribution >= 0.6 is 0 Å². The standard InChI is InChI=1S/C14H15F2N3O/c1-9(2)17-6-10-7-18-14(19-8-10)20-11-3-4-12(15)13(16)5-11/h3-5,7-9,17H,6H2,1-2H3. The molecule has 0 saturated heterocycles. The summed E-state index contributed by atoms with van der Waals surface area (Å²) in [7, 11) is 0. The second kappa shape index (κ2) is 6.38. The van der Waals surface area contributed by atoms with Crippen LogP contribution in [-0.4, -0.2) is 16.0 Å². The third kappa shape index (κ3) is 3.96. The minimum absolute atomic E-state index is 0.0873. The van der Waals surface area contributed by atoms with E-state index in [-0.39, 0.29) is 11.8 Å². The van der Waals surface area contributed by atoms with E-state index in [2.05, 4.69) is 15.3 Å². The Hall–Kier alpha value is -2.08. The summed E-state index contributed by atoms with van der Waals surface area (Å²) >= 11 is 0. The summed E-state index contributed by atoms with van der Waals surface area (Å²) in [4.78, 5) is 8.03. The van der Waals surface area contributed by atoms with E-state index in [9.17, 15) is 8.78 Å². The van der Waals surface area contributed by atoms with Crippen LogP contribution in [0.4, 0.5) is 8.78 Å². The van der Waals surface area contributed by atoms with Crippen molar-refractivity contribution in [3.63, 3.8) is 0 Å². The van der Waals surface area contributed by atoms with E-state index in [1.807, 2.05) is 13.8 Å². The first-order chi connectivity index (χ1) is 9.54. The van der Waals surface area contributed by atoms with Gasteiger partial charge in [-0.2, -0.15) is 0 Å². The van der Waals surface area contributed by atoms with Gasteiger partial charge in [0.15, 0.2) is 11.6 Å². The van der Waals surface area contributed by atoms with Crippen molar-refractivity contribution < 1.29 is 13.5 Å². The lowest BCUT2D eigenvalue weighted by Gasteiger charge is -2.08. The molecule has 0 aliphatic heterocycles. The summed E-state index contributed by atoms with van der Waals surface area (Å²) in [6.07, 6.45) is 3.25. The molecular weight excluding hydrogens is 264 g/mol. The molecule has 0 saturated carbocycles. The number of rotatable bonds is 5. The number of ether oxygens (including phenoxy) is 1. The average molecular weight is 279 g/mol. The third-order valence-electron chi connectivity index (χ3n) is 2.50. The largest absolute Gasteiger partial charge is 0.424 e. The third-order valence-corrected chi connectivity index (χ3v) is 2.50. The van der Waals surface area contributed by atoms with Gasteiger partial charge in [0.25, 0.3) is 0 Å². The van der Waals surface area contributed by atoms with Crippen molar-refractivity contribution in [2.45, 2.75) is 26.4 Å². The number of halogens is 2. The maximum atomic E-state index is 13.0. The highest BCUT2D eigenvalue weighted by atomic mass is 19.2. The molecule has 0 fully saturated rings. The summed E-state index contributed by atoms with van der Waals surface area (Å²) < 4.78 is 31.0. The van der Waals surface area contributed by atoms with Crippen LogP contribution in [0.3, 0.4) is 0 Å². The molecule has 6 heteroatoms. The van der Waals surface area contributed by atoms with Gasteiger partial charge in [-0.15, -0.1) is 0 Å². The van der Waals surface area contributed by atoms with E-state index in [0.29, 0.717) is 12.6 Å². The van der Waals surface area contributed by atoms with Gasteiger partial charge in [-0.3, -0.25) is 0 Å². The predicted molar refractivity (Wildman–Crippen MR) is 70.4 cm³/mol. The smallest absolute Gasteiger partial charge is 0.321 e. The first kappa shape index (κ1) is 14.3. The lowest BCUT2D eigenvalue weighted by atomic mass is 10.3. The summed E-state index contributed by atoms with van der Waals surface area (Å²) in [6.45, 7) is 4.74. The summed E-state index contributed by atoms with van der Waals surface area (Å²) in [5.41, 5.74) is 0.913. The fraction of sp³-hybridized carbons (Fsp3) is 0.286. The molecule has 1 heterocycles. The molecule has 1 aromatic heterocycles. The molecule has 2 rings (SSSR count). The molecule has 0 amide bonds. The van der Waals surface area contributed by atoms with Gasteiger partial charge in [-0.1, -0.05) is 13.8 Å². The van der Waals surface area contributed by atoms with Crippen LogP contribution in [0.25, 0.3) is 0 Å². The molecule has 0 bridgehead atoms. The van der Waals surface area contributed by atoms with E-state index < -0.39 is 11.6 Å². The Kier molecular flexibility index (Phi) is 4.57. The highest BCUT2D eigenvalue weighted by molar-refractivity contribution is 5.26. The molecule has 106 valence electrons. The number of aromatic nitrogens is 2. The SMILES string of the molecule is CC(C)NCc1cnc(Oc2ccc(F)c(F)c2)nc1. The van der Waals surface area contributed by atoms with E-state index >= 15 is 0 Å². The highest BCUT2D eigenvalue weighted by Gasteiger charge is 2.06. The van der Waals surface area contributed by atoms with E-state index in [1.54, 1.807) is 12.4 Å². The lowest BCUT2D eigenvalue weighted by Crippen LogP contribution is -2.21. The highest BCUT2D eigenvalue weighted by Crippen LogP contribution is 2.20. The van der Waals surface area contributed by atoms with Crippen LogP contribution in [0.15, 0.2) is 30.6 Å². The van der Waals surface area contributed by atoms with Crippen molar-refractivity contribution in [3.05, 3.63) is 47.8 Å². The van der Waals surface area contributed by atoms with Crippen molar-refractivity contribution in [2.75, 3.05) is 0 Å². The number of nitrogens with one attached hydrogen (secondary N) is 1. The molecule has 4 nitrogen and oxygen atoms in total. The zero-order valence-electron chi connectivity index (χ0n) is 11.2. The number of nitrogens with zero attached hydrogens (tertiary/aromatic N) is 2. The maximum absolute atomic E-state index is 13.0. The van der Waals surface area contributed by atoms with E-state index in [1.165, 1.54) is 6.07 Å². The minimum atomic E-state index is -0.972. The summed E-state index contributed by atoms with van der Waals surface area (Å²) in [6, 6.07) is 3.71. The van der Waals surface area contributed by atoms with Gasteiger partial charge >= 0.3 is 6.01 Å². The summed E-state index contributed by atoms with van der Waals surface area (Å²) in [5, 5.41) is 3.23. The Morgan fingerprint density at radius 1 is 1.15 bits per heavy atom. The molecule has 0 spiro atoms. The van der Waals surface area contributed by atoms with Crippen molar-refractivity contribution in [2.24, 2.45) is 0 Å². The fourth-order valence-corrected chi connectivity index (χ4v) is 1.45. The number of benzene rings is 1. The maximum Gasteiger partial charge on any atom is 0.321 e. The van der Waals surface area contributed by atoms with Crippen LogP contribution in [0.1, 0.15) is 19.4 Å². The van der Waals surface area contributed by atoms with Crippen molar-refractivity contribution in [1.82, 2.24) is 15.3 Å². The normalized spacial score (nSPS) is 10.8. The van der Waals surface area contributed by atoms with Gasteiger partial charge in [-0.05, 0) is 12.1 Å². The Labute approximate surface area is 115 Å². The quantitative estimate of drug-likeness (QED) is 0.913. The van der Waals surface area contributed by atoms with Crippen molar-refractivity contribution in [1.29, 1.82) is 0 Å². The molecule has 0 aliphatic rings. The van der Waals surface area contributed by atoms with E-state index in [4.69, 9.17) is 4.74 Å². The second-order valence-electron chi connectivity index (χ2n) is 4.59. The number of hydrogen-bond donors (Lipinski definition) is 1. The molecule has 1 N–H and O–H groups in total. The zero-order valence-corrected chi connectivity index (χ0v) is 11.2. The monoisotopic (exact) mass is 279 g/mol. The lowest BCUT2D eigenvalue weighted by molar-refractivity contribution is 0.429. The van der Waals surface area contributed by atoms with E-state index in [0.717, 1.165) is 17.7 Å². The van der Waals surface area contributed by atoms with Gasteiger partial charge in [0.05, 0.1) is 0 Å². The molecule has 0 atom stereocenters. The van der Waals surface area contributed by atoms with Crippen molar-refractivity contribution >= 4 is 0 Å². The van der Waals surface area contributed by atoms with Crippen LogP contribution in [0.2, 0.25) is 0 Å². The van der Waals surface area contributed by atoms with Gasteiger partial charge in [0.1, 0.15) is 5.75 Å². The Morgan fingerprint density at radius 2 is 1.85 bits per heavy atom. The van der Waals surface area contributed by atoms with Crippen LogP contribution in [0.5, 0.6) is 11.8 Å². The van der Waals surface area contributed by atoms with Crippen LogP contribution < -0.4 is 10.1 Å². The first-order valence-corrected chi connectivity index (χ1v) is 6.22. The molecule has 0 aliphatic carbocycles. The van der Waals surface area contributed by atoms with Gasteiger partial charge in [0, 0.05) is 36.6 Å². The Morgan fingerprint density at radius 3 is 2.45 bits per heavy atom. The first-order valence-electron chi connectivity index (χ1n) is 6.22. The predicted octanol–water partition coefficient (Wildman–Crippen LogP) is 3.05. The molecule has 2 aromatic rings. The topological polar surface area (TPSA) is 47.0 Å². The van der Waals surface area contributed by atoms with Crippen LogP contribution in [-0.2, 0) is 6.54 Å². The second-order valence-corrected chi connectivity index (χ2v) is 4.59.